The van der Waals surface area contributed by atoms with E-state index >= 15 is 0 Å². The molecule has 0 aliphatic heterocycles. The highest BCUT2D eigenvalue weighted by Gasteiger charge is 2.33. The van der Waals surface area contributed by atoms with Crippen molar-refractivity contribution in [1.29, 1.82) is 0 Å². The van der Waals surface area contributed by atoms with Crippen molar-refractivity contribution in [1.82, 2.24) is 0 Å². The fourth-order valence-electron chi connectivity index (χ4n) is 1.88. The molecule has 0 saturated carbocycles. The minimum absolute atomic E-state index is 0.0126. The van der Waals surface area contributed by atoms with E-state index in [1.165, 1.54) is 0 Å². The van der Waals surface area contributed by atoms with Crippen molar-refractivity contribution in [2.24, 2.45) is 0 Å². The first-order valence-corrected chi connectivity index (χ1v) is 7.28. The van der Waals surface area contributed by atoms with Crippen LogP contribution in [0.4, 0.5) is 0 Å². The number of alkyl halides is 1. The zero-order chi connectivity index (χ0) is 13.7. The molecule has 2 N–H and O–H groups in total. The summed E-state index contributed by atoms with van der Waals surface area (Å²) in [5, 5.41) is 0. The van der Waals surface area contributed by atoms with Gasteiger partial charge in [-0.05, 0) is 11.1 Å². The first-order chi connectivity index (χ1) is 9.13. The molecule has 0 saturated heterocycles. The molecule has 2 rings (SSSR count). The van der Waals surface area contributed by atoms with Gasteiger partial charge in [0.05, 0.1) is 6.61 Å². The van der Waals surface area contributed by atoms with Crippen LogP contribution in [-0.4, -0.2) is 16.4 Å². The number of hydrogen-bond acceptors (Lipinski definition) is 3. The summed E-state index contributed by atoms with van der Waals surface area (Å²) in [5.41, 5.74) is 1.69. The summed E-state index contributed by atoms with van der Waals surface area (Å²) in [6, 6.07) is 18.9. The summed E-state index contributed by atoms with van der Waals surface area (Å²) in [6.07, 6.45) is 0. The summed E-state index contributed by atoms with van der Waals surface area (Å²) >= 11 is 6.70. The van der Waals surface area contributed by atoms with Crippen molar-refractivity contribution in [3.8, 4) is 0 Å². The number of rotatable bonds is 5. The van der Waals surface area contributed by atoms with Gasteiger partial charge in [-0.3, -0.25) is 0 Å². The molecule has 0 amide bonds. The summed E-state index contributed by atoms with van der Waals surface area (Å²) < 4.78 is 4.96. The Balaban J connectivity index is 2.39. The van der Waals surface area contributed by atoms with Gasteiger partial charge in [0.1, 0.15) is 4.87 Å². The third kappa shape index (κ3) is 3.53. The maximum Gasteiger partial charge on any atom is 0.327 e. The van der Waals surface area contributed by atoms with E-state index in [0.717, 1.165) is 11.1 Å². The number of hydrogen-bond donors (Lipinski definition) is 2. The molecule has 0 heterocycles. The molecule has 5 heteroatoms. The fourth-order valence-corrected chi connectivity index (χ4v) is 2.58. The summed E-state index contributed by atoms with van der Waals surface area (Å²) in [4.78, 5) is 17.0. The highest BCUT2D eigenvalue weighted by molar-refractivity contribution is 7.39. The van der Waals surface area contributed by atoms with Gasteiger partial charge in [0.25, 0.3) is 0 Å². The largest absolute Gasteiger partial charge is 0.328 e. The topological polar surface area (TPSA) is 49.7 Å². The van der Waals surface area contributed by atoms with Crippen LogP contribution in [0.15, 0.2) is 60.7 Å². The molecule has 2 aromatic carbocycles. The lowest BCUT2D eigenvalue weighted by Gasteiger charge is -2.28. The van der Waals surface area contributed by atoms with Gasteiger partial charge in [-0.15, -0.1) is 11.6 Å². The Kier molecular flexibility index (Phi) is 4.92. The maximum atomic E-state index is 8.95. The van der Waals surface area contributed by atoms with E-state index in [9.17, 15) is 0 Å². The Hall–Kier alpha value is -0.960. The van der Waals surface area contributed by atoms with E-state index in [0.29, 0.717) is 0 Å². The molecule has 0 radical (unpaired) electrons. The number of benzene rings is 2. The first-order valence-electron chi connectivity index (χ1n) is 5.74. The lowest BCUT2D eigenvalue weighted by atomic mass is 9.91. The number of halogens is 1. The van der Waals surface area contributed by atoms with Crippen molar-refractivity contribution in [2.45, 2.75) is 4.87 Å². The van der Waals surface area contributed by atoms with E-state index in [1.54, 1.807) is 0 Å². The predicted molar refractivity (Wildman–Crippen MR) is 76.8 cm³/mol. The Labute approximate surface area is 118 Å². The highest BCUT2D eigenvalue weighted by Crippen LogP contribution is 2.40. The van der Waals surface area contributed by atoms with Crippen LogP contribution in [0.1, 0.15) is 11.1 Å². The maximum absolute atomic E-state index is 8.95. The fraction of sp³-hybridized carbons (Fsp3) is 0.143. The minimum Gasteiger partial charge on any atom is -0.328 e. The molecule has 19 heavy (non-hydrogen) atoms. The van der Waals surface area contributed by atoms with Crippen LogP contribution in [0.2, 0.25) is 0 Å². The Morgan fingerprint density at radius 2 is 1.32 bits per heavy atom. The normalized spacial score (nSPS) is 11.8. The van der Waals surface area contributed by atoms with Gasteiger partial charge < -0.3 is 14.3 Å². The van der Waals surface area contributed by atoms with E-state index in [2.05, 4.69) is 0 Å². The zero-order valence-corrected chi connectivity index (χ0v) is 11.8. The van der Waals surface area contributed by atoms with Gasteiger partial charge in [-0.1, -0.05) is 60.7 Å². The predicted octanol–water partition coefficient (Wildman–Crippen LogP) is 3.40. The molecular weight excluding hydrogens is 283 g/mol. The van der Waals surface area contributed by atoms with E-state index in [1.807, 2.05) is 60.7 Å². The van der Waals surface area contributed by atoms with Crippen molar-refractivity contribution in [3.05, 3.63) is 71.8 Å². The van der Waals surface area contributed by atoms with Crippen LogP contribution in [0, 0.1) is 0 Å². The van der Waals surface area contributed by atoms with Crippen LogP contribution < -0.4 is 0 Å². The second-order valence-electron chi connectivity index (χ2n) is 4.06. The van der Waals surface area contributed by atoms with Crippen molar-refractivity contribution in [3.63, 3.8) is 0 Å². The van der Waals surface area contributed by atoms with Crippen molar-refractivity contribution < 1.29 is 14.3 Å². The highest BCUT2D eigenvalue weighted by atomic mass is 35.5. The van der Waals surface area contributed by atoms with E-state index in [-0.39, 0.29) is 6.61 Å². The van der Waals surface area contributed by atoms with Crippen LogP contribution in [0.25, 0.3) is 0 Å². The summed E-state index contributed by atoms with van der Waals surface area (Å²) in [5.74, 6) is 0. The Bertz CT molecular complexity index is 465. The molecule has 100 valence electrons. The minimum atomic E-state index is -2.43. The van der Waals surface area contributed by atoms with Crippen LogP contribution in [0.5, 0.6) is 0 Å². The first kappa shape index (κ1) is 14.4. The standard InChI is InChI=1S/C14H14ClO3P/c15-14(11-18-19(16)17,12-7-3-1-4-8-12)13-9-5-2-6-10-13/h1-10,16-17H,11H2. The van der Waals surface area contributed by atoms with Gasteiger partial charge in [0.15, 0.2) is 0 Å². The smallest absolute Gasteiger partial charge is 0.327 e. The monoisotopic (exact) mass is 296 g/mol. The molecule has 0 aromatic heterocycles. The second-order valence-corrected chi connectivity index (χ2v) is 5.47. The summed E-state index contributed by atoms with van der Waals surface area (Å²) in [6.45, 7) is -0.0126. The van der Waals surface area contributed by atoms with Gasteiger partial charge in [0, 0.05) is 0 Å². The molecule has 0 aliphatic rings. The molecule has 0 aliphatic carbocycles. The molecule has 0 fully saturated rings. The van der Waals surface area contributed by atoms with E-state index < -0.39 is 13.5 Å². The van der Waals surface area contributed by atoms with Crippen LogP contribution >= 0.6 is 20.2 Å². The van der Waals surface area contributed by atoms with Gasteiger partial charge in [-0.25, -0.2) is 0 Å². The van der Waals surface area contributed by atoms with Crippen LogP contribution in [0.3, 0.4) is 0 Å². The molecule has 0 bridgehead atoms. The lowest BCUT2D eigenvalue weighted by molar-refractivity contribution is 0.236. The molecular formula is C14H14ClO3P. The molecule has 0 unspecified atom stereocenters. The van der Waals surface area contributed by atoms with E-state index in [4.69, 9.17) is 25.9 Å². The summed E-state index contributed by atoms with van der Waals surface area (Å²) in [7, 11) is -2.43. The molecule has 0 atom stereocenters. The average Bonchev–Trinajstić information content (AvgIpc) is 2.46. The third-order valence-electron chi connectivity index (χ3n) is 2.84. The van der Waals surface area contributed by atoms with Crippen LogP contribution in [-0.2, 0) is 9.40 Å². The SMILES string of the molecule is OP(O)OCC(Cl)(c1ccccc1)c1ccccc1. The van der Waals surface area contributed by atoms with Gasteiger partial charge >= 0.3 is 8.60 Å². The second kappa shape index (κ2) is 6.47. The van der Waals surface area contributed by atoms with Gasteiger partial charge in [0.2, 0.25) is 0 Å². The average molecular weight is 297 g/mol. The van der Waals surface area contributed by atoms with Gasteiger partial charge in [-0.2, -0.15) is 0 Å². The molecule has 0 spiro atoms. The molecule has 3 nitrogen and oxygen atoms in total. The van der Waals surface area contributed by atoms with Crippen molar-refractivity contribution >= 4 is 20.2 Å². The third-order valence-corrected chi connectivity index (χ3v) is 3.75. The molecule has 2 aromatic rings. The Morgan fingerprint density at radius 1 is 0.895 bits per heavy atom. The Morgan fingerprint density at radius 3 is 1.68 bits per heavy atom. The van der Waals surface area contributed by atoms with Crippen molar-refractivity contribution in [2.75, 3.05) is 6.61 Å². The zero-order valence-electron chi connectivity index (χ0n) is 10.1. The lowest BCUT2D eigenvalue weighted by Crippen LogP contribution is -2.26. The quantitative estimate of drug-likeness (QED) is 0.657.